The van der Waals surface area contributed by atoms with Crippen molar-refractivity contribution in [3.05, 3.63) is 35.3 Å². The van der Waals surface area contributed by atoms with Gasteiger partial charge in [-0.2, -0.15) is 0 Å². The minimum Gasteiger partial charge on any atom is -0.496 e. The van der Waals surface area contributed by atoms with Crippen LogP contribution in [0.15, 0.2) is 22.7 Å². The van der Waals surface area contributed by atoms with Crippen molar-refractivity contribution in [2.24, 2.45) is 0 Å². The predicted molar refractivity (Wildman–Crippen MR) is 69.5 cm³/mol. The monoisotopic (exact) mass is 279 g/mol. The summed E-state index contributed by atoms with van der Waals surface area (Å²) in [6, 6.07) is 4.14. The smallest absolute Gasteiger partial charge is 0.374 e. The Balaban J connectivity index is 2.58. The molecule has 1 aromatic carbocycles. The molecular formula is C14H14FNO4. The lowest BCUT2D eigenvalue weighted by atomic mass is 9.98. The largest absolute Gasteiger partial charge is 0.496 e. The molecule has 1 N–H and O–H groups in total. The number of ether oxygens (including phenoxy) is 1. The van der Waals surface area contributed by atoms with E-state index in [1.807, 2.05) is 13.8 Å². The normalized spacial score (nSPS) is 10.8. The maximum atomic E-state index is 13.9. The van der Waals surface area contributed by atoms with Gasteiger partial charge in [-0.1, -0.05) is 19.0 Å². The fourth-order valence-corrected chi connectivity index (χ4v) is 1.89. The van der Waals surface area contributed by atoms with Crippen molar-refractivity contribution in [3.8, 4) is 17.0 Å². The van der Waals surface area contributed by atoms with Crippen LogP contribution in [0.5, 0.6) is 5.75 Å². The van der Waals surface area contributed by atoms with Crippen molar-refractivity contribution in [1.82, 2.24) is 5.16 Å². The van der Waals surface area contributed by atoms with E-state index in [9.17, 15) is 9.18 Å². The number of benzene rings is 1. The van der Waals surface area contributed by atoms with Gasteiger partial charge in [-0.3, -0.25) is 0 Å². The number of hydrogen-bond donors (Lipinski definition) is 1. The number of nitrogens with zero attached hydrogens (tertiary/aromatic N) is 1. The number of hydrogen-bond acceptors (Lipinski definition) is 4. The summed E-state index contributed by atoms with van der Waals surface area (Å²) >= 11 is 0. The van der Waals surface area contributed by atoms with Crippen molar-refractivity contribution in [3.63, 3.8) is 0 Å². The molecule has 0 spiro atoms. The van der Waals surface area contributed by atoms with Crippen LogP contribution in [0, 0.1) is 5.82 Å². The van der Waals surface area contributed by atoms with Gasteiger partial charge < -0.3 is 14.4 Å². The first-order chi connectivity index (χ1) is 9.43. The van der Waals surface area contributed by atoms with Crippen molar-refractivity contribution < 1.29 is 23.6 Å². The number of halogens is 1. The summed E-state index contributed by atoms with van der Waals surface area (Å²) in [7, 11) is 1.41. The molecule has 0 saturated carbocycles. The molecule has 6 heteroatoms. The topological polar surface area (TPSA) is 72.6 Å². The Kier molecular flexibility index (Phi) is 3.74. The zero-order valence-corrected chi connectivity index (χ0v) is 11.3. The quantitative estimate of drug-likeness (QED) is 0.929. The summed E-state index contributed by atoms with van der Waals surface area (Å²) in [5.74, 6) is -1.61. The summed E-state index contributed by atoms with van der Waals surface area (Å²) in [6.45, 7) is 3.72. The van der Waals surface area contributed by atoms with E-state index in [1.165, 1.54) is 19.2 Å². The Morgan fingerprint density at radius 2 is 2.10 bits per heavy atom. The van der Waals surface area contributed by atoms with Gasteiger partial charge in [0.15, 0.2) is 0 Å². The summed E-state index contributed by atoms with van der Waals surface area (Å²) in [5.41, 5.74) is 1.29. The molecule has 2 aromatic rings. The lowest BCUT2D eigenvalue weighted by Crippen LogP contribution is -1.97. The second-order valence-electron chi connectivity index (χ2n) is 4.61. The molecule has 0 aliphatic heterocycles. The molecule has 0 fully saturated rings. The van der Waals surface area contributed by atoms with Gasteiger partial charge in [-0.25, -0.2) is 9.18 Å². The standard InChI is InChI=1S/C14H14FNO4/c1-7(2)8-4-9(12(19-3)5-10(8)15)11-6-13(14(17)18)20-16-11/h4-7H,1-3H3,(H,17,18). The first-order valence-corrected chi connectivity index (χ1v) is 6.01. The highest BCUT2D eigenvalue weighted by atomic mass is 19.1. The van der Waals surface area contributed by atoms with Gasteiger partial charge >= 0.3 is 5.97 Å². The minimum atomic E-state index is -1.21. The van der Waals surface area contributed by atoms with Crippen molar-refractivity contribution in [2.45, 2.75) is 19.8 Å². The molecule has 0 aliphatic rings. The van der Waals surface area contributed by atoms with E-state index in [0.29, 0.717) is 16.8 Å². The van der Waals surface area contributed by atoms with Crippen LogP contribution in [-0.2, 0) is 0 Å². The van der Waals surface area contributed by atoms with Crippen LogP contribution in [0.4, 0.5) is 4.39 Å². The number of carboxylic acid groups (broad SMARTS) is 1. The highest BCUT2D eigenvalue weighted by Gasteiger charge is 2.19. The number of aromatic carboxylic acids is 1. The first-order valence-electron chi connectivity index (χ1n) is 6.01. The van der Waals surface area contributed by atoms with Gasteiger partial charge in [0.2, 0.25) is 5.76 Å². The molecule has 0 radical (unpaired) electrons. The molecule has 0 atom stereocenters. The average molecular weight is 279 g/mol. The van der Waals surface area contributed by atoms with Crippen LogP contribution in [0.3, 0.4) is 0 Å². The zero-order chi connectivity index (χ0) is 14.9. The maximum absolute atomic E-state index is 13.9. The van der Waals surface area contributed by atoms with Gasteiger partial charge in [0.25, 0.3) is 0 Å². The predicted octanol–water partition coefficient (Wildman–Crippen LogP) is 3.31. The van der Waals surface area contributed by atoms with Gasteiger partial charge in [-0.05, 0) is 17.5 Å². The molecule has 0 saturated heterocycles. The third-order valence-corrected chi connectivity index (χ3v) is 2.94. The van der Waals surface area contributed by atoms with Crippen molar-refractivity contribution in [2.75, 3.05) is 7.11 Å². The second kappa shape index (κ2) is 5.32. The van der Waals surface area contributed by atoms with E-state index in [1.54, 1.807) is 6.07 Å². The zero-order valence-electron chi connectivity index (χ0n) is 11.3. The van der Waals surface area contributed by atoms with Gasteiger partial charge in [0, 0.05) is 17.7 Å². The van der Waals surface area contributed by atoms with Crippen LogP contribution in [0.25, 0.3) is 11.3 Å². The Labute approximate surface area is 115 Å². The van der Waals surface area contributed by atoms with Gasteiger partial charge in [0.05, 0.1) is 7.11 Å². The number of carbonyl (C=O) groups is 1. The molecule has 106 valence electrons. The molecular weight excluding hydrogens is 265 g/mol. The third-order valence-electron chi connectivity index (χ3n) is 2.94. The highest BCUT2D eigenvalue weighted by Crippen LogP contribution is 2.34. The molecule has 20 heavy (non-hydrogen) atoms. The summed E-state index contributed by atoms with van der Waals surface area (Å²) < 4.78 is 23.7. The van der Waals surface area contributed by atoms with Gasteiger partial charge in [-0.15, -0.1) is 0 Å². The lowest BCUT2D eigenvalue weighted by Gasteiger charge is -2.12. The third kappa shape index (κ3) is 2.49. The fourth-order valence-electron chi connectivity index (χ4n) is 1.89. The lowest BCUT2D eigenvalue weighted by molar-refractivity contribution is 0.0652. The van der Waals surface area contributed by atoms with E-state index in [2.05, 4.69) is 5.16 Å². The summed E-state index contributed by atoms with van der Waals surface area (Å²) in [4.78, 5) is 10.8. The van der Waals surface area contributed by atoms with Gasteiger partial charge in [0.1, 0.15) is 17.3 Å². The summed E-state index contributed by atoms with van der Waals surface area (Å²) in [5, 5.41) is 12.5. The van der Waals surface area contributed by atoms with Crippen LogP contribution in [-0.4, -0.2) is 23.3 Å². The number of methoxy groups -OCH3 is 1. The highest BCUT2D eigenvalue weighted by molar-refractivity contribution is 5.86. The molecule has 0 unspecified atom stereocenters. The number of rotatable bonds is 4. The fraction of sp³-hybridized carbons (Fsp3) is 0.286. The molecule has 0 aliphatic carbocycles. The van der Waals surface area contributed by atoms with E-state index < -0.39 is 5.97 Å². The Hall–Kier alpha value is -2.37. The van der Waals surface area contributed by atoms with Crippen molar-refractivity contribution >= 4 is 5.97 Å². The molecule has 0 amide bonds. The number of aromatic nitrogens is 1. The Bertz CT molecular complexity index is 649. The molecule has 1 heterocycles. The van der Waals surface area contributed by atoms with E-state index in [-0.39, 0.29) is 23.2 Å². The van der Waals surface area contributed by atoms with Crippen LogP contribution >= 0.6 is 0 Å². The second-order valence-corrected chi connectivity index (χ2v) is 4.61. The first kappa shape index (κ1) is 14.0. The van der Waals surface area contributed by atoms with Crippen molar-refractivity contribution in [1.29, 1.82) is 0 Å². The SMILES string of the molecule is COc1cc(F)c(C(C)C)cc1-c1cc(C(=O)O)on1. The van der Waals surface area contributed by atoms with E-state index >= 15 is 0 Å². The van der Waals surface area contributed by atoms with Crippen LogP contribution in [0.2, 0.25) is 0 Å². The Morgan fingerprint density at radius 3 is 2.60 bits per heavy atom. The minimum absolute atomic E-state index is 0.0227. The molecule has 5 nitrogen and oxygen atoms in total. The van der Waals surface area contributed by atoms with Crippen LogP contribution < -0.4 is 4.74 Å². The number of carboxylic acids is 1. The Morgan fingerprint density at radius 1 is 1.40 bits per heavy atom. The molecule has 0 bridgehead atoms. The molecule has 2 rings (SSSR count). The average Bonchev–Trinajstić information content (AvgIpc) is 2.87. The van der Waals surface area contributed by atoms with Crippen LogP contribution in [0.1, 0.15) is 35.9 Å². The van der Waals surface area contributed by atoms with E-state index in [0.717, 1.165) is 0 Å². The van der Waals surface area contributed by atoms with E-state index in [4.69, 9.17) is 14.4 Å². The molecule has 1 aromatic heterocycles. The maximum Gasteiger partial charge on any atom is 0.374 e. The summed E-state index contributed by atoms with van der Waals surface area (Å²) in [6.07, 6.45) is 0.